The Kier molecular flexibility index (Phi) is 6.56. The summed E-state index contributed by atoms with van der Waals surface area (Å²) in [7, 11) is 5.21. The van der Waals surface area contributed by atoms with Crippen LogP contribution in [0.2, 0.25) is 0 Å². The Balaban J connectivity index is 1.16. The standard InChI is InChI=1S/C34H33N7O4/c1-39-11-9-26-25(8-10-35-33(26)39)32-27-18-40(16-20-4-6-23(43-2)13-29(20)44-3)34(42)31(27)28(15-37-32)38-30-7-5-21(14-36-30)41-17-24-12-22(41)19-45-24/h4-11,13-15,22,24H,12,16-19H2,1-3H3,(H,36,38)/t22?,24-/m1/s1. The van der Waals surface area contributed by atoms with Gasteiger partial charge in [-0.05, 0) is 42.8 Å². The van der Waals surface area contributed by atoms with E-state index in [2.05, 4.69) is 21.3 Å². The highest BCUT2D eigenvalue weighted by atomic mass is 16.5. The fraction of sp³-hybridized carbons (Fsp3) is 0.294. The molecule has 45 heavy (non-hydrogen) atoms. The van der Waals surface area contributed by atoms with E-state index in [9.17, 15) is 4.79 Å². The van der Waals surface area contributed by atoms with Crippen LogP contribution in [0.4, 0.5) is 17.2 Å². The van der Waals surface area contributed by atoms with Crippen LogP contribution in [0, 0.1) is 0 Å². The monoisotopic (exact) mass is 603 g/mol. The number of aryl methyl sites for hydroxylation is 1. The summed E-state index contributed by atoms with van der Waals surface area (Å²) >= 11 is 0. The second kappa shape index (κ2) is 10.8. The molecule has 1 N–H and O–H groups in total. The number of ether oxygens (including phenoxy) is 3. The SMILES string of the molecule is COc1ccc(CN2Cc3c(-c4ccnc5c4ccn5C)ncc(Nc4ccc(N5C[C@H]6CC5CO6)cn4)c3C2=O)c(OC)c1. The maximum absolute atomic E-state index is 14.2. The van der Waals surface area contributed by atoms with Crippen LogP contribution >= 0.6 is 0 Å². The van der Waals surface area contributed by atoms with Crippen LogP contribution in [0.5, 0.6) is 11.5 Å². The number of nitrogens with zero attached hydrogens (tertiary/aromatic N) is 6. The molecule has 0 aliphatic carbocycles. The second-order valence-electron chi connectivity index (χ2n) is 11.8. The number of benzene rings is 1. The van der Waals surface area contributed by atoms with Crippen molar-refractivity contribution in [3.63, 3.8) is 0 Å². The van der Waals surface area contributed by atoms with Crippen LogP contribution < -0.4 is 19.7 Å². The van der Waals surface area contributed by atoms with Gasteiger partial charge in [-0.25, -0.2) is 9.97 Å². The van der Waals surface area contributed by atoms with Crippen LogP contribution in [0.3, 0.4) is 0 Å². The average molecular weight is 604 g/mol. The normalized spacial score (nSPS) is 18.6. The zero-order valence-electron chi connectivity index (χ0n) is 25.4. The number of carbonyl (C=O) groups is 1. The molecule has 11 nitrogen and oxygen atoms in total. The molecule has 228 valence electrons. The predicted octanol–water partition coefficient (Wildman–Crippen LogP) is 4.92. The molecule has 3 aliphatic rings. The third-order valence-electron chi connectivity index (χ3n) is 9.15. The Bertz CT molecular complexity index is 1940. The van der Waals surface area contributed by atoms with Gasteiger partial charge in [-0.1, -0.05) is 0 Å². The number of methoxy groups -OCH3 is 2. The van der Waals surface area contributed by atoms with E-state index < -0.39 is 0 Å². The third-order valence-corrected chi connectivity index (χ3v) is 9.15. The highest BCUT2D eigenvalue weighted by Crippen LogP contribution is 2.40. The summed E-state index contributed by atoms with van der Waals surface area (Å²) in [6.45, 7) is 2.42. The maximum Gasteiger partial charge on any atom is 0.257 e. The topological polar surface area (TPSA) is 107 Å². The molecule has 2 bridgehead atoms. The Hall–Kier alpha value is -5.16. The van der Waals surface area contributed by atoms with Crippen molar-refractivity contribution in [2.75, 3.05) is 37.6 Å². The number of fused-ring (bicyclic) bond motifs is 4. The van der Waals surface area contributed by atoms with Crippen LogP contribution in [0.15, 0.2) is 67.3 Å². The van der Waals surface area contributed by atoms with Crippen molar-refractivity contribution in [3.8, 4) is 22.8 Å². The summed E-state index contributed by atoms with van der Waals surface area (Å²) < 4.78 is 18.8. The minimum absolute atomic E-state index is 0.0860. The highest BCUT2D eigenvalue weighted by molar-refractivity contribution is 6.06. The first-order chi connectivity index (χ1) is 22.0. The van der Waals surface area contributed by atoms with Crippen molar-refractivity contribution in [1.29, 1.82) is 0 Å². The summed E-state index contributed by atoms with van der Waals surface area (Å²) in [6, 6.07) is 14.1. The highest BCUT2D eigenvalue weighted by Gasteiger charge is 2.39. The predicted molar refractivity (Wildman–Crippen MR) is 170 cm³/mol. The first kappa shape index (κ1) is 27.4. The second-order valence-corrected chi connectivity index (χ2v) is 11.8. The molecule has 7 heterocycles. The number of hydrogen-bond acceptors (Lipinski definition) is 9. The van der Waals surface area contributed by atoms with Crippen molar-refractivity contribution in [2.45, 2.75) is 31.7 Å². The van der Waals surface area contributed by atoms with E-state index >= 15 is 0 Å². The lowest BCUT2D eigenvalue weighted by Gasteiger charge is -2.28. The molecule has 2 atom stereocenters. The fourth-order valence-electron chi connectivity index (χ4n) is 6.87. The third kappa shape index (κ3) is 4.62. The van der Waals surface area contributed by atoms with Crippen molar-refractivity contribution in [1.82, 2.24) is 24.4 Å². The van der Waals surface area contributed by atoms with Gasteiger partial charge >= 0.3 is 0 Å². The molecule has 0 saturated carbocycles. The molecular weight excluding hydrogens is 570 g/mol. The molecule has 3 aliphatic heterocycles. The molecule has 0 spiro atoms. The minimum Gasteiger partial charge on any atom is -0.497 e. The van der Waals surface area contributed by atoms with E-state index in [0.29, 0.717) is 53.8 Å². The largest absolute Gasteiger partial charge is 0.497 e. The van der Waals surface area contributed by atoms with E-state index in [-0.39, 0.29) is 5.91 Å². The number of pyridine rings is 3. The van der Waals surface area contributed by atoms with Gasteiger partial charge in [0.2, 0.25) is 0 Å². The van der Waals surface area contributed by atoms with E-state index in [1.54, 1.807) is 26.6 Å². The first-order valence-electron chi connectivity index (χ1n) is 15.0. The van der Waals surface area contributed by atoms with Gasteiger partial charge in [0.05, 0.1) is 68.0 Å². The van der Waals surface area contributed by atoms with Crippen molar-refractivity contribution >= 4 is 34.1 Å². The zero-order chi connectivity index (χ0) is 30.7. The number of anilines is 3. The molecule has 1 aromatic carbocycles. The number of morpholine rings is 1. The number of carbonyl (C=O) groups excluding carboxylic acids is 1. The van der Waals surface area contributed by atoms with E-state index in [1.807, 2.05) is 65.3 Å². The quantitative estimate of drug-likeness (QED) is 0.264. The summed E-state index contributed by atoms with van der Waals surface area (Å²) in [5.74, 6) is 1.92. The maximum atomic E-state index is 14.2. The van der Waals surface area contributed by atoms with E-state index in [1.165, 1.54) is 0 Å². The van der Waals surface area contributed by atoms with Gasteiger partial charge in [0.1, 0.15) is 23.0 Å². The molecule has 4 aromatic heterocycles. The molecule has 1 unspecified atom stereocenters. The molecule has 8 rings (SSSR count). The van der Waals surface area contributed by atoms with Crippen LogP contribution in [-0.2, 0) is 24.9 Å². The van der Waals surface area contributed by atoms with Gasteiger partial charge in [0.25, 0.3) is 5.91 Å². The number of hydrogen-bond donors (Lipinski definition) is 1. The van der Waals surface area contributed by atoms with Crippen LogP contribution in [0.1, 0.15) is 27.9 Å². The van der Waals surface area contributed by atoms with Crippen molar-refractivity contribution < 1.29 is 19.0 Å². The first-order valence-corrected chi connectivity index (χ1v) is 15.0. The Morgan fingerprint density at radius 2 is 1.96 bits per heavy atom. The number of nitrogens with one attached hydrogen (secondary N) is 1. The van der Waals surface area contributed by atoms with Gasteiger partial charge in [-0.2, -0.15) is 0 Å². The van der Waals surface area contributed by atoms with Gasteiger partial charge in [0, 0.05) is 67.2 Å². The van der Waals surface area contributed by atoms with Gasteiger partial charge in [-0.15, -0.1) is 0 Å². The molecule has 2 fully saturated rings. The summed E-state index contributed by atoms with van der Waals surface area (Å²) in [5, 5.41) is 4.39. The molecule has 2 saturated heterocycles. The number of amides is 1. The summed E-state index contributed by atoms with van der Waals surface area (Å²) in [5.41, 5.74) is 6.60. The molecule has 11 heteroatoms. The smallest absolute Gasteiger partial charge is 0.257 e. The van der Waals surface area contributed by atoms with Gasteiger partial charge in [-0.3, -0.25) is 9.78 Å². The fourth-order valence-corrected chi connectivity index (χ4v) is 6.87. The lowest BCUT2D eigenvalue weighted by atomic mass is 10.0. The Morgan fingerprint density at radius 1 is 1.04 bits per heavy atom. The minimum atomic E-state index is -0.0860. The van der Waals surface area contributed by atoms with Gasteiger partial charge < -0.3 is 33.9 Å². The Morgan fingerprint density at radius 3 is 2.71 bits per heavy atom. The van der Waals surface area contributed by atoms with E-state index in [0.717, 1.165) is 58.7 Å². The number of rotatable bonds is 8. The van der Waals surface area contributed by atoms with Crippen LogP contribution in [0.25, 0.3) is 22.3 Å². The summed E-state index contributed by atoms with van der Waals surface area (Å²) in [4.78, 5) is 32.6. The molecule has 5 aromatic rings. The Labute approximate surface area is 260 Å². The lowest BCUT2D eigenvalue weighted by Crippen LogP contribution is -2.36. The number of aromatic nitrogens is 4. The van der Waals surface area contributed by atoms with Crippen LogP contribution in [-0.4, -0.2) is 69.8 Å². The zero-order valence-corrected chi connectivity index (χ0v) is 25.4. The molecular formula is C34H33N7O4. The molecule has 0 radical (unpaired) electrons. The summed E-state index contributed by atoms with van der Waals surface area (Å²) in [6.07, 6.45) is 8.78. The average Bonchev–Trinajstić information content (AvgIpc) is 3.87. The lowest BCUT2D eigenvalue weighted by molar-refractivity contribution is 0.0766. The van der Waals surface area contributed by atoms with E-state index in [4.69, 9.17) is 24.2 Å². The van der Waals surface area contributed by atoms with Crippen molar-refractivity contribution in [2.24, 2.45) is 7.05 Å². The van der Waals surface area contributed by atoms with Gasteiger partial charge in [0.15, 0.2) is 0 Å². The molecule has 1 amide bonds. The van der Waals surface area contributed by atoms with Crippen molar-refractivity contribution in [3.05, 3.63) is 83.9 Å².